The van der Waals surface area contributed by atoms with Crippen LogP contribution in [0.2, 0.25) is 5.02 Å². The Morgan fingerprint density at radius 3 is 2.87 bits per heavy atom. The van der Waals surface area contributed by atoms with Crippen LogP contribution in [0.1, 0.15) is 35.7 Å². The van der Waals surface area contributed by atoms with Gasteiger partial charge in [0.25, 0.3) is 12.3 Å². The second-order valence-electron chi connectivity index (χ2n) is 7.44. The van der Waals surface area contributed by atoms with E-state index in [-0.39, 0.29) is 41.0 Å². The van der Waals surface area contributed by atoms with E-state index in [9.17, 15) is 18.0 Å². The number of benzene rings is 1. The third-order valence-corrected chi connectivity index (χ3v) is 5.59. The van der Waals surface area contributed by atoms with Gasteiger partial charge in [0, 0.05) is 37.1 Å². The van der Waals surface area contributed by atoms with Gasteiger partial charge in [0.2, 0.25) is 0 Å². The van der Waals surface area contributed by atoms with Crippen molar-refractivity contribution in [2.24, 2.45) is 16.6 Å². The smallest absolute Gasteiger partial charge is 0.254 e. The molecular formula is C20H24ClF3N6O. The van der Waals surface area contributed by atoms with E-state index in [4.69, 9.17) is 17.3 Å². The molecule has 0 bridgehead atoms. The molecule has 31 heavy (non-hydrogen) atoms. The number of hydrogen-bond donors (Lipinski definition) is 3. The standard InChI is InChI=1S/C20H24ClF3N6O/c1-26-8-11-6-12(27-9-18(23)24)3-5-17(11)30-10-14(19(25)31)20(29-30)28-13-2-4-15(21)16(22)7-13/h2,4,7-8,10-12,17-18,27H,3,5-6,9H2,1H3,(H2,25,31)(H,28,29). The van der Waals surface area contributed by atoms with Gasteiger partial charge in [-0.3, -0.25) is 9.48 Å². The summed E-state index contributed by atoms with van der Waals surface area (Å²) in [7, 11) is 1.65. The molecule has 0 spiro atoms. The second-order valence-corrected chi connectivity index (χ2v) is 7.84. The first-order valence-corrected chi connectivity index (χ1v) is 10.2. The van der Waals surface area contributed by atoms with Crippen molar-refractivity contribution in [3.63, 3.8) is 0 Å². The van der Waals surface area contributed by atoms with Crippen LogP contribution < -0.4 is 16.4 Å². The highest BCUT2D eigenvalue weighted by molar-refractivity contribution is 6.30. The second kappa shape index (κ2) is 10.1. The molecule has 1 aliphatic carbocycles. The molecule has 3 unspecified atom stereocenters. The predicted octanol–water partition coefficient (Wildman–Crippen LogP) is 3.78. The average Bonchev–Trinajstić information content (AvgIpc) is 3.13. The fourth-order valence-electron chi connectivity index (χ4n) is 3.86. The van der Waals surface area contributed by atoms with Gasteiger partial charge in [0.1, 0.15) is 11.4 Å². The van der Waals surface area contributed by atoms with Crippen molar-refractivity contribution in [2.45, 2.75) is 37.8 Å². The fraction of sp³-hybridized carbons (Fsp3) is 0.450. The monoisotopic (exact) mass is 456 g/mol. The van der Waals surface area contributed by atoms with Gasteiger partial charge in [-0.05, 0) is 37.5 Å². The predicted molar refractivity (Wildman–Crippen MR) is 114 cm³/mol. The summed E-state index contributed by atoms with van der Waals surface area (Å²) in [5.74, 6) is -1.17. The van der Waals surface area contributed by atoms with E-state index in [1.54, 1.807) is 30.2 Å². The Morgan fingerprint density at radius 2 is 2.23 bits per heavy atom. The number of nitrogens with zero attached hydrogens (tertiary/aromatic N) is 3. The van der Waals surface area contributed by atoms with Crippen LogP contribution in [0.5, 0.6) is 0 Å². The largest absolute Gasteiger partial charge is 0.365 e. The van der Waals surface area contributed by atoms with Gasteiger partial charge < -0.3 is 21.4 Å². The number of carbonyl (C=O) groups excluding carboxylic acids is 1. The van der Waals surface area contributed by atoms with Crippen LogP contribution in [0.15, 0.2) is 29.4 Å². The van der Waals surface area contributed by atoms with Gasteiger partial charge in [-0.2, -0.15) is 5.10 Å². The number of anilines is 2. The van der Waals surface area contributed by atoms with Gasteiger partial charge in [-0.25, -0.2) is 13.2 Å². The van der Waals surface area contributed by atoms with Crippen LogP contribution in [-0.4, -0.2) is 48.0 Å². The lowest BCUT2D eigenvalue weighted by molar-refractivity contribution is 0.100. The number of rotatable bonds is 8. The number of carbonyl (C=O) groups is 1. The molecule has 168 valence electrons. The third-order valence-electron chi connectivity index (χ3n) is 5.28. The lowest BCUT2D eigenvalue weighted by Gasteiger charge is -2.34. The van der Waals surface area contributed by atoms with E-state index >= 15 is 0 Å². The molecule has 3 atom stereocenters. The number of halogens is 4. The Hall–Kier alpha value is -2.59. The van der Waals surface area contributed by atoms with Crippen LogP contribution in [0, 0.1) is 11.7 Å². The lowest BCUT2D eigenvalue weighted by atomic mass is 9.82. The zero-order valence-corrected chi connectivity index (χ0v) is 17.6. The van der Waals surface area contributed by atoms with E-state index in [1.807, 2.05) is 0 Å². The maximum atomic E-state index is 13.8. The SMILES string of the molecule is CN=CC1CC(NCC(F)F)CCC1n1cc(C(N)=O)c(Nc2ccc(Cl)c(F)c2)n1. The van der Waals surface area contributed by atoms with Crippen LogP contribution in [0.25, 0.3) is 0 Å². The summed E-state index contributed by atoms with van der Waals surface area (Å²) in [4.78, 5) is 16.1. The van der Waals surface area contributed by atoms with E-state index in [2.05, 4.69) is 20.7 Å². The highest BCUT2D eigenvalue weighted by atomic mass is 35.5. The number of aliphatic imine (C=N–C) groups is 1. The number of nitrogens with one attached hydrogen (secondary N) is 2. The Balaban J connectivity index is 1.83. The van der Waals surface area contributed by atoms with Crippen LogP contribution in [0.4, 0.5) is 24.7 Å². The van der Waals surface area contributed by atoms with Crippen molar-refractivity contribution >= 4 is 35.2 Å². The van der Waals surface area contributed by atoms with Gasteiger partial charge in [-0.1, -0.05) is 11.6 Å². The minimum Gasteiger partial charge on any atom is -0.365 e. The average molecular weight is 457 g/mol. The van der Waals surface area contributed by atoms with Crippen LogP contribution in [-0.2, 0) is 0 Å². The van der Waals surface area contributed by atoms with Gasteiger partial charge in [-0.15, -0.1) is 0 Å². The highest BCUT2D eigenvalue weighted by Crippen LogP contribution is 2.34. The maximum absolute atomic E-state index is 13.8. The Labute approximate surface area is 182 Å². The summed E-state index contributed by atoms with van der Waals surface area (Å²) < 4.78 is 40.5. The molecule has 1 amide bonds. The highest BCUT2D eigenvalue weighted by Gasteiger charge is 2.32. The molecule has 1 aromatic carbocycles. The molecule has 0 saturated heterocycles. The number of primary amides is 1. The topological polar surface area (TPSA) is 97.3 Å². The first-order valence-electron chi connectivity index (χ1n) is 9.83. The summed E-state index contributed by atoms with van der Waals surface area (Å²) >= 11 is 5.71. The first-order chi connectivity index (χ1) is 14.8. The van der Waals surface area contributed by atoms with E-state index in [0.29, 0.717) is 24.9 Å². The number of alkyl halides is 2. The summed E-state index contributed by atoms with van der Waals surface area (Å²) in [6, 6.07) is 3.94. The van der Waals surface area contributed by atoms with Crippen molar-refractivity contribution < 1.29 is 18.0 Å². The molecule has 1 aromatic heterocycles. The summed E-state index contributed by atoms with van der Waals surface area (Å²) in [6.07, 6.45) is 2.83. The molecule has 1 fully saturated rings. The number of hydrogen-bond acceptors (Lipinski definition) is 5. The molecule has 2 aromatic rings. The summed E-state index contributed by atoms with van der Waals surface area (Å²) in [5, 5.41) is 10.3. The normalized spacial score (nSPS) is 21.7. The van der Waals surface area contributed by atoms with Gasteiger partial charge in [0.05, 0.1) is 17.6 Å². The molecule has 1 heterocycles. The Kier molecular flexibility index (Phi) is 7.55. The van der Waals surface area contributed by atoms with E-state index in [1.165, 1.54) is 12.1 Å². The molecule has 1 saturated carbocycles. The first kappa shape index (κ1) is 23.1. The molecule has 3 rings (SSSR count). The van der Waals surface area contributed by atoms with Crippen LogP contribution in [0.3, 0.4) is 0 Å². The molecule has 7 nitrogen and oxygen atoms in total. The van der Waals surface area contributed by atoms with Crippen molar-refractivity contribution in [1.29, 1.82) is 0 Å². The summed E-state index contributed by atoms with van der Waals surface area (Å²) in [6.45, 7) is -0.357. The maximum Gasteiger partial charge on any atom is 0.254 e. The molecule has 1 aliphatic rings. The van der Waals surface area contributed by atoms with Crippen molar-refractivity contribution in [2.75, 3.05) is 18.9 Å². The Bertz CT molecular complexity index is 951. The van der Waals surface area contributed by atoms with E-state index < -0.39 is 18.1 Å². The van der Waals surface area contributed by atoms with Gasteiger partial charge in [0.15, 0.2) is 5.82 Å². The third kappa shape index (κ3) is 5.76. The fourth-order valence-corrected chi connectivity index (χ4v) is 3.97. The number of amides is 1. The quantitative estimate of drug-likeness (QED) is 0.526. The van der Waals surface area contributed by atoms with E-state index in [0.717, 1.165) is 0 Å². The van der Waals surface area contributed by atoms with Crippen LogP contribution >= 0.6 is 11.6 Å². The lowest BCUT2D eigenvalue weighted by Crippen LogP contribution is -2.41. The zero-order chi connectivity index (χ0) is 22.5. The Morgan fingerprint density at radius 1 is 1.45 bits per heavy atom. The zero-order valence-electron chi connectivity index (χ0n) is 16.9. The van der Waals surface area contributed by atoms with Crippen molar-refractivity contribution in [3.8, 4) is 0 Å². The molecule has 0 radical (unpaired) electrons. The van der Waals surface area contributed by atoms with Gasteiger partial charge >= 0.3 is 0 Å². The number of aromatic nitrogens is 2. The molecule has 11 heteroatoms. The molecular weight excluding hydrogens is 433 g/mol. The minimum absolute atomic E-state index is 0.0230. The van der Waals surface area contributed by atoms with Crippen molar-refractivity contribution in [3.05, 3.63) is 40.8 Å². The summed E-state index contributed by atoms with van der Waals surface area (Å²) in [5.41, 5.74) is 6.03. The molecule has 0 aliphatic heterocycles. The van der Waals surface area contributed by atoms with Crippen molar-refractivity contribution in [1.82, 2.24) is 15.1 Å². The molecule has 4 N–H and O–H groups in total. The minimum atomic E-state index is -2.41. The number of nitrogens with two attached hydrogens (primary N) is 1.